The van der Waals surface area contributed by atoms with Crippen LogP contribution in [0.3, 0.4) is 0 Å². The Bertz CT molecular complexity index is 1130. The van der Waals surface area contributed by atoms with Crippen molar-refractivity contribution in [3.63, 3.8) is 0 Å². The lowest BCUT2D eigenvalue weighted by Gasteiger charge is -2.44. The van der Waals surface area contributed by atoms with Crippen LogP contribution < -0.4 is 0 Å². The molecule has 1 amide bonds. The molecule has 3 unspecified atom stereocenters. The Morgan fingerprint density at radius 3 is 2.59 bits per heavy atom. The zero-order chi connectivity index (χ0) is 23.0. The summed E-state index contributed by atoms with van der Waals surface area (Å²) in [5, 5.41) is 16.1. The highest BCUT2D eigenvalue weighted by molar-refractivity contribution is 8.03. The maximum atomic E-state index is 12.9. The van der Waals surface area contributed by atoms with Gasteiger partial charge in [-0.3, -0.25) is 29.3 Å². The van der Waals surface area contributed by atoms with Gasteiger partial charge in [0, 0.05) is 37.7 Å². The Morgan fingerprint density at radius 2 is 2.00 bits per heavy atom. The molecule has 0 spiro atoms. The Kier molecular flexibility index (Phi) is 5.70. The van der Waals surface area contributed by atoms with E-state index in [0.717, 1.165) is 0 Å². The third-order valence-corrected chi connectivity index (χ3v) is 6.18. The van der Waals surface area contributed by atoms with Crippen LogP contribution in [0.4, 0.5) is 5.69 Å². The van der Waals surface area contributed by atoms with E-state index in [1.165, 1.54) is 47.9 Å². The van der Waals surface area contributed by atoms with Crippen LogP contribution >= 0.6 is 11.8 Å². The van der Waals surface area contributed by atoms with E-state index >= 15 is 0 Å². The molecule has 0 saturated carbocycles. The van der Waals surface area contributed by atoms with Crippen LogP contribution in [0.15, 0.2) is 47.6 Å². The molecule has 1 aromatic heterocycles. The van der Waals surface area contributed by atoms with E-state index < -0.39 is 34.3 Å². The van der Waals surface area contributed by atoms with Gasteiger partial charge in [0.05, 0.1) is 4.92 Å². The van der Waals surface area contributed by atoms with Gasteiger partial charge in [-0.25, -0.2) is 4.79 Å². The smallest absolute Gasteiger partial charge is 0.355 e. The fraction of sp³-hybridized carbons (Fsp3) is 0.300. The van der Waals surface area contributed by atoms with Gasteiger partial charge in [-0.1, -0.05) is 0 Å². The van der Waals surface area contributed by atoms with Gasteiger partial charge in [-0.05, 0) is 23.8 Å². The number of nitro groups is 1. The normalized spacial score (nSPS) is 20.1. The summed E-state index contributed by atoms with van der Waals surface area (Å²) in [6.07, 6.45) is 0.826. The second-order valence-corrected chi connectivity index (χ2v) is 8.20. The highest BCUT2D eigenvalue weighted by atomic mass is 32.2. The summed E-state index contributed by atoms with van der Waals surface area (Å²) in [7, 11) is 1.72. The van der Waals surface area contributed by atoms with Crippen LogP contribution in [-0.4, -0.2) is 42.8 Å². The average molecular weight is 458 g/mol. The van der Waals surface area contributed by atoms with Gasteiger partial charge < -0.3 is 9.47 Å². The number of non-ortho nitro benzene ring substituents is 1. The van der Waals surface area contributed by atoms with E-state index in [0.29, 0.717) is 11.3 Å². The number of β-lactam (4-membered cyclic amide) rings is 1. The molecular weight excluding hydrogens is 440 g/mol. The van der Waals surface area contributed by atoms with Gasteiger partial charge in [0.15, 0.2) is 6.10 Å². The number of rotatable bonds is 7. The highest BCUT2D eigenvalue weighted by Crippen LogP contribution is 2.50. The van der Waals surface area contributed by atoms with Gasteiger partial charge in [-0.15, -0.1) is 11.8 Å². The zero-order valence-corrected chi connectivity index (χ0v) is 17.9. The second-order valence-electron chi connectivity index (χ2n) is 7.21. The number of hydrogen-bond acceptors (Lipinski definition) is 9. The maximum Gasteiger partial charge on any atom is 0.355 e. The number of aryl methyl sites for hydroxylation is 1. The van der Waals surface area contributed by atoms with Crippen molar-refractivity contribution in [1.29, 1.82) is 0 Å². The number of nitro benzene ring substituents is 1. The molecular formula is C20H18N4O7S. The van der Waals surface area contributed by atoms with E-state index in [9.17, 15) is 24.5 Å². The fourth-order valence-electron chi connectivity index (χ4n) is 3.52. The van der Waals surface area contributed by atoms with Crippen molar-refractivity contribution in [2.75, 3.05) is 0 Å². The summed E-state index contributed by atoms with van der Waals surface area (Å²) in [5.41, 5.74) is 1.07. The maximum absolute atomic E-state index is 12.9. The first-order valence-corrected chi connectivity index (χ1v) is 10.5. The number of benzene rings is 1. The van der Waals surface area contributed by atoms with E-state index in [-0.39, 0.29) is 23.9 Å². The number of amides is 1. The number of esters is 2. The van der Waals surface area contributed by atoms with Crippen LogP contribution in [0.2, 0.25) is 0 Å². The van der Waals surface area contributed by atoms with E-state index in [1.807, 2.05) is 0 Å². The first-order chi connectivity index (χ1) is 15.3. The SMILES string of the molecule is CC(=O)OC(c1ccn(C)n1)C1C(=O)N2C(C(=O)OCc3ccc([N+](=O)[O-])cc3)=CSC12. The molecule has 2 aliphatic heterocycles. The lowest BCUT2D eigenvalue weighted by atomic mass is 9.89. The highest BCUT2D eigenvalue weighted by Gasteiger charge is 2.58. The molecule has 166 valence electrons. The molecule has 12 heteroatoms. The largest absolute Gasteiger partial charge is 0.456 e. The minimum Gasteiger partial charge on any atom is -0.456 e. The number of carbonyl (C=O) groups is 3. The van der Waals surface area contributed by atoms with Crippen molar-refractivity contribution in [1.82, 2.24) is 14.7 Å². The third kappa shape index (κ3) is 3.96. The van der Waals surface area contributed by atoms with Gasteiger partial charge >= 0.3 is 11.9 Å². The van der Waals surface area contributed by atoms with E-state index in [4.69, 9.17) is 9.47 Å². The van der Waals surface area contributed by atoms with Gasteiger partial charge in [0.25, 0.3) is 5.69 Å². The molecule has 1 fully saturated rings. The summed E-state index contributed by atoms with van der Waals surface area (Å²) in [6, 6.07) is 7.30. The van der Waals surface area contributed by atoms with Crippen molar-refractivity contribution >= 4 is 35.3 Å². The molecule has 0 aliphatic carbocycles. The number of nitrogens with zero attached hydrogens (tertiary/aromatic N) is 4. The first kappa shape index (κ1) is 21.6. The first-order valence-electron chi connectivity index (χ1n) is 9.52. The van der Waals surface area contributed by atoms with Gasteiger partial charge in [0.1, 0.15) is 29.3 Å². The van der Waals surface area contributed by atoms with Crippen molar-refractivity contribution in [2.24, 2.45) is 13.0 Å². The molecule has 32 heavy (non-hydrogen) atoms. The molecule has 2 aliphatic rings. The van der Waals surface area contributed by atoms with Crippen LogP contribution in [-0.2, 0) is 37.5 Å². The fourth-order valence-corrected chi connectivity index (χ4v) is 4.77. The molecule has 4 rings (SSSR count). The molecule has 0 bridgehead atoms. The summed E-state index contributed by atoms with van der Waals surface area (Å²) >= 11 is 1.27. The Balaban J connectivity index is 1.41. The molecule has 0 N–H and O–H groups in total. The third-order valence-electron chi connectivity index (χ3n) is 5.03. The van der Waals surface area contributed by atoms with Crippen molar-refractivity contribution < 1.29 is 28.8 Å². The topological polar surface area (TPSA) is 134 Å². The van der Waals surface area contributed by atoms with Crippen LogP contribution in [0.25, 0.3) is 0 Å². The molecule has 0 radical (unpaired) electrons. The number of hydrogen-bond donors (Lipinski definition) is 0. The number of thioether (sulfide) groups is 1. The predicted octanol–water partition coefficient (Wildman–Crippen LogP) is 2.05. The minimum absolute atomic E-state index is 0.0646. The number of ether oxygens (including phenoxy) is 2. The summed E-state index contributed by atoms with van der Waals surface area (Å²) in [6.45, 7) is 1.16. The molecule has 11 nitrogen and oxygen atoms in total. The van der Waals surface area contributed by atoms with Crippen LogP contribution in [0.1, 0.15) is 24.3 Å². The number of aromatic nitrogens is 2. The predicted molar refractivity (Wildman–Crippen MR) is 110 cm³/mol. The number of fused-ring (bicyclic) bond motifs is 1. The Labute approximate surface area is 186 Å². The Morgan fingerprint density at radius 1 is 1.28 bits per heavy atom. The molecule has 3 heterocycles. The molecule has 1 aromatic carbocycles. The molecule has 3 atom stereocenters. The minimum atomic E-state index is -0.862. The standard InChI is InChI=1S/C20H18N4O7S/c1-11(25)31-17(14-7-8-22(2)21-14)16-18(26)23-15(10-32-19(16)23)20(27)30-9-12-3-5-13(6-4-12)24(28)29/h3-8,10,16-17,19H,9H2,1-2H3. The summed E-state index contributed by atoms with van der Waals surface area (Å²) < 4.78 is 12.2. The second kappa shape index (κ2) is 8.46. The Hall–Kier alpha value is -3.67. The molecule has 1 saturated heterocycles. The summed E-state index contributed by atoms with van der Waals surface area (Å²) in [5.74, 6) is -2.27. The zero-order valence-electron chi connectivity index (χ0n) is 17.0. The van der Waals surface area contributed by atoms with Crippen molar-refractivity contribution in [3.05, 3.63) is 69.0 Å². The average Bonchev–Trinajstić information content (AvgIpc) is 3.35. The van der Waals surface area contributed by atoms with E-state index in [2.05, 4.69) is 5.10 Å². The van der Waals surface area contributed by atoms with Crippen molar-refractivity contribution in [3.8, 4) is 0 Å². The monoisotopic (exact) mass is 458 g/mol. The number of carbonyl (C=O) groups excluding carboxylic acids is 3. The quantitative estimate of drug-likeness (QED) is 0.264. The van der Waals surface area contributed by atoms with Crippen LogP contribution in [0, 0.1) is 16.0 Å². The lowest BCUT2D eigenvalue weighted by Crippen LogP contribution is -2.59. The lowest BCUT2D eigenvalue weighted by molar-refractivity contribution is -0.384. The van der Waals surface area contributed by atoms with Crippen LogP contribution in [0.5, 0.6) is 0 Å². The van der Waals surface area contributed by atoms with Gasteiger partial charge in [-0.2, -0.15) is 5.10 Å². The van der Waals surface area contributed by atoms with E-state index in [1.54, 1.807) is 29.4 Å². The van der Waals surface area contributed by atoms with Gasteiger partial charge in [0.2, 0.25) is 5.91 Å². The van der Waals surface area contributed by atoms with Crippen molar-refractivity contribution in [2.45, 2.75) is 25.0 Å². The summed E-state index contributed by atoms with van der Waals surface area (Å²) in [4.78, 5) is 48.6. The molecule has 2 aromatic rings.